The number of benzene rings is 2. The highest BCUT2D eigenvalue weighted by Gasteiger charge is 2.39. The smallest absolute Gasteiger partial charge is 0.266 e. The highest BCUT2D eigenvalue weighted by atomic mass is 32.2. The molecule has 1 unspecified atom stereocenters. The molecule has 31 heavy (non-hydrogen) atoms. The van der Waals surface area contributed by atoms with Crippen molar-refractivity contribution in [2.75, 3.05) is 20.8 Å². The van der Waals surface area contributed by atoms with Crippen molar-refractivity contribution < 1.29 is 22.7 Å². The Morgan fingerprint density at radius 1 is 1.10 bits per heavy atom. The summed E-state index contributed by atoms with van der Waals surface area (Å²) in [5, 5.41) is 0. The predicted molar refractivity (Wildman–Crippen MR) is 118 cm³/mol. The Hall–Kier alpha value is -2.69. The van der Waals surface area contributed by atoms with Gasteiger partial charge in [0.25, 0.3) is 5.91 Å². The molecule has 1 aliphatic heterocycles. The molecule has 164 valence electrons. The van der Waals surface area contributed by atoms with Gasteiger partial charge in [0, 0.05) is 13.6 Å². The van der Waals surface area contributed by atoms with Crippen LogP contribution in [0.1, 0.15) is 12.8 Å². The molecule has 1 atom stereocenters. The summed E-state index contributed by atoms with van der Waals surface area (Å²) in [4.78, 5) is 18.0. The van der Waals surface area contributed by atoms with E-state index in [1.54, 1.807) is 19.2 Å². The lowest BCUT2D eigenvalue weighted by molar-refractivity contribution is -0.121. The normalized spacial score (nSPS) is 17.9. The predicted octanol–water partition coefficient (Wildman–Crippen LogP) is 2.54. The number of aryl methyl sites for hydroxylation is 1. The molecule has 2 aromatic carbocycles. The van der Waals surface area contributed by atoms with E-state index in [1.807, 2.05) is 29.8 Å². The summed E-state index contributed by atoms with van der Waals surface area (Å²) in [6, 6.07) is 11.0. The van der Waals surface area contributed by atoms with Crippen LogP contribution in [0.4, 0.5) is 0 Å². The van der Waals surface area contributed by atoms with Crippen LogP contribution in [0, 0.1) is 0 Å². The third-order valence-corrected chi connectivity index (χ3v) is 8.39. The number of amides is 1. The highest BCUT2D eigenvalue weighted by Crippen LogP contribution is 2.28. The van der Waals surface area contributed by atoms with Gasteiger partial charge in [-0.1, -0.05) is 11.3 Å². The van der Waals surface area contributed by atoms with Gasteiger partial charge in [-0.15, -0.1) is 0 Å². The second kappa shape index (κ2) is 8.45. The minimum absolute atomic E-state index is 0.132. The second-order valence-electron chi connectivity index (χ2n) is 7.18. The van der Waals surface area contributed by atoms with Gasteiger partial charge in [0.15, 0.2) is 4.80 Å². The third kappa shape index (κ3) is 3.98. The van der Waals surface area contributed by atoms with Crippen molar-refractivity contribution in [3.8, 4) is 11.5 Å². The number of nitrogens with zero attached hydrogens (tertiary/aromatic N) is 3. The zero-order chi connectivity index (χ0) is 22.2. The first-order valence-corrected chi connectivity index (χ1v) is 12.0. The molecule has 1 amide bonds. The Balaban J connectivity index is 1.66. The molecule has 2 heterocycles. The Morgan fingerprint density at radius 3 is 2.45 bits per heavy atom. The summed E-state index contributed by atoms with van der Waals surface area (Å²) in [7, 11) is 1.13. The molecule has 0 spiro atoms. The lowest BCUT2D eigenvalue weighted by atomic mass is 10.2. The zero-order valence-corrected chi connectivity index (χ0v) is 19.1. The zero-order valence-electron chi connectivity index (χ0n) is 17.4. The van der Waals surface area contributed by atoms with E-state index >= 15 is 0 Å². The summed E-state index contributed by atoms with van der Waals surface area (Å²) < 4.78 is 40.7. The Morgan fingerprint density at radius 2 is 1.77 bits per heavy atom. The van der Waals surface area contributed by atoms with Gasteiger partial charge in [-0.25, -0.2) is 8.42 Å². The number of hydrogen-bond acceptors (Lipinski definition) is 6. The van der Waals surface area contributed by atoms with Gasteiger partial charge in [0.05, 0.1) is 29.3 Å². The number of thiazole rings is 1. The van der Waals surface area contributed by atoms with Crippen LogP contribution in [-0.2, 0) is 21.9 Å². The molecule has 0 N–H and O–H groups in total. The van der Waals surface area contributed by atoms with E-state index < -0.39 is 22.0 Å². The van der Waals surface area contributed by atoms with E-state index in [4.69, 9.17) is 9.47 Å². The fourth-order valence-electron chi connectivity index (χ4n) is 3.67. The van der Waals surface area contributed by atoms with E-state index in [0.29, 0.717) is 23.4 Å². The number of aromatic nitrogens is 1. The van der Waals surface area contributed by atoms with Gasteiger partial charge in [0.2, 0.25) is 10.0 Å². The van der Waals surface area contributed by atoms with Gasteiger partial charge >= 0.3 is 0 Å². The average Bonchev–Trinajstić information content (AvgIpc) is 3.39. The number of rotatable bonds is 5. The average molecular weight is 462 g/mol. The lowest BCUT2D eigenvalue weighted by Gasteiger charge is -2.21. The molecular weight excluding hydrogens is 438 g/mol. The van der Waals surface area contributed by atoms with Gasteiger partial charge in [-0.2, -0.15) is 9.30 Å². The molecule has 1 fully saturated rings. The first-order chi connectivity index (χ1) is 14.8. The molecule has 1 aromatic heterocycles. The Labute approximate surface area is 184 Å². The van der Waals surface area contributed by atoms with E-state index in [2.05, 4.69) is 4.99 Å². The van der Waals surface area contributed by atoms with Crippen molar-refractivity contribution in [1.29, 1.82) is 0 Å². The van der Waals surface area contributed by atoms with Crippen LogP contribution in [0.3, 0.4) is 0 Å². The summed E-state index contributed by atoms with van der Waals surface area (Å²) in [6.45, 7) is 0.288. The van der Waals surface area contributed by atoms with Crippen LogP contribution < -0.4 is 14.3 Å². The van der Waals surface area contributed by atoms with E-state index in [1.165, 1.54) is 34.9 Å². The van der Waals surface area contributed by atoms with E-state index in [9.17, 15) is 13.2 Å². The summed E-state index contributed by atoms with van der Waals surface area (Å²) in [6.07, 6.45) is 1.05. The quantitative estimate of drug-likeness (QED) is 0.583. The first-order valence-electron chi connectivity index (χ1n) is 9.73. The molecule has 3 aromatic rings. The standard InChI is InChI=1S/C21H23N3O5S2/c1-23-17-11-8-15(29-3)13-19(17)30-21(23)22-20(25)18-5-4-12-24(18)31(26,27)16-9-6-14(28-2)7-10-16/h6-11,13,18H,4-5,12H2,1-3H3. The van der Waals surface area contributed by atoms with Gasteiger partial charge < -0.3 is 14.0 Å². The van der Waals surface area contributed by atoms with E-state index in [-0.39, 0.29) is 11.4 Å². The number of ether oxygens (including phenoxy) is 2. The fraction of sp³-hybridized carbons (Fsp3) is 0.333. The molecule has 1 saturated heterocycles. The molecule has 0 bridgehead atoms. The summed E-state index contributed by atoms with van der Waals surface area (Å²) in [5.74, 6) is 0.834. The minimum Gasteiger partial charge on any atom is -0.497 e. The fourth-order valence-corrected chi connectivity index (χ4v) is 6.38. The summed E-state index contributed by atoms with van der Waals surface area (Å²) >= 11 is 1.36. The molecule has 1 aliphatic rings. The van der Waals surface area contributed by atoms with Gasteiger partial charge in [-0.3, -0.25) is 4.79 Å². The van der Waals surface area contributed by atoms with Crippen LogP contribution in [0.2, 0.25) is 0 Å². The third-order valence-electron chi connectivity index (χ3n) is 5.38. The lowest BCUT2D eigenvalue weighted by Crippen LogP contribution is -2.40. The maximum atomic E-state index is 13.2. The molecule has 10 heteroatoms. The first kappa shape index (κ1) is 21.5. The molecule has 8 nitrogen and oxygen atoms in total. The molecule has 0 radical (unpaired) electrons. The molecule has 4 rings (SSSR count). The van der Waals surface area contributed by atoms with Crippen molar-refractivity contribution in [2.45, 2.75) is 23.8 Å². The van der Waals surface area contributed by atoms with Crippen LogP contribution in [0.25, 0.3) is 10.2 Å². The van der Waals surface area contributed by atoms with E-state index in [0.717, 1.165) is 16.0 Å². The number of hydrogen-bond donors (Lipinski definition) is 0. The van der Waals surface area contributed by atoms with Crippen LogP contribution >= 0.6 is 11.3 Å². The maximum absolute atomic E-state index is 13.2. The highest BCUT2D eigenvalue weighted by molar-refractivity contribution is 7.89. The largest absolute Gasteiger partial charge is 0.497 e. The molecular formula is C21H23N3O5S2. The SMILES string of the molecule is COc1ccc(S(=O)(=O)N2CCCC2C(=O)N=c2sc3cc(OC)ccc3n2C)cc1. The van der Waals surface area contributed by atoms with Crippen molar-refractivity contribution in [1.82, 2.24) is 8.87 Å². The van der Waals surface area contributed by atoms with Crippen molar-refractivity contribution in [3.63, 3.8) is 0 Å². The molecule has 0 saturated carbocycles. The van der Waals surface area contributed by atoms with Crippen LogP contribution in [0.15, 0.2) is 52.4 Å². The monoisotopic (exact) mass is 461 g/mol. The Bertz CT molecular complexity index is 1290. The topological polar surface area (TPSA) is 90.2 Å². The number of fused-ring (bicyclic) bond motifs is 1. The van der Waals surface area contributed by atoms with Crippen molar-refractivity contribution in [2.24, 2.45) is 12.0 Å². The Kier molecular flexibility index (Phi) is 5.87. The minimum atomic E-state index is -3.82. The van der Waals surface area contributed by atoms with Gasteiger partial charge in [0.1, 0.15) is 17.5 Å². The summed E-state index contributed by atoms with van der Waals surface area (Å²) in [5.41, 5.74) is 0.923. The number of carbonyl (C=O) groups is 1. The molecule has 0 aliphatic carbocycles. The van der Waals surface area contributed by atoms with Crippen molar-refractivity contribution >= 4 is 37.5 Å². The number of methoxy groups -OCH3 is 2. The number of carbonyl (C=O) groups excluding carboxylic acids is 1. The van der Waals surface area contributed by atoms with Crippen LogP contribution in [-0.4, -0.2) is 50.0 Å². The maximum Gasteiger partial charge on any atom is 0.266 e. The van der Waals surface area contributed by atoms with Crippen molar-refractivity contribution in [3.05, 3.63) is 47.3 Å². The van der Waals surface area contributed by atoms with Crippen LogP contribution in [0.5, 0.6) is 11.5 Å². The van der Waals surface area contributed by atoms with Gasteiger partial charge in [-0.05, 0) is 55.3 Å². The second-order valence-corrected chi connectivity index (χ2v) is 10.1. The number of sulfonamides is 1.